The van der Waals surface area contributed by atoms with E-state index < -0.39 is 0 Å². The lowest BCUT2D eigenvalue weighted by Gasteiger charge is -2.18. The van der Waals surface area contributed by atoms with E-state index >= 15 is 0 Å². The fourth-order valence-electron chi connectivity index (χ4n) is 1.94. The SMILES string of the molecule is CCOc1cncc(C(NN)c2ccc(Cl)cc2Cl)c1. The van der Waals surface area contributed by atoms with Crippen molar-refractivity contribution in [1.29, 1.82) is 0 Å². The van der Waals surface area contributed by atoms with Crippen molar-refractivity contribution in [1.82, 2.24) is 10.4 Å². The Kier molecular flexibility index (Phi) is 5.20. The number of ether oxygens (including phenoxy) is 1. The molecule has 1 heterocycles. The second kappa shape index (κ2) is 6.90. The average Bonchev–Trinajstić information content (AvgIpc) is 2.43. The number of benzene rings is 1. The van der Waals surface area contributed by atoms with Gasteiger partial charge in [0.2, 0.25) is 0 Å². The molecule has 2 rings (SSSR count). The van der Waals surface area contributed by atoms with Crippen LogP contribution in [-0.2, 0) is 0 Å². The topological polar surface area (TPSA) is 60.2 Å². The summed E-state index contributed by atoms with van der Waals surface area (Å²) in [5, 5.41) is 1.12. The second-order valence-electron chi connectivity index (χ2n) is 4.15. The van der Waals surface area contributed by atoms with Crippen molar-refractivity contribution in [2.45, 2.75) is 13.0 Å². The Labute approximate surface area is 127 Å². The number of rotatable bonds is 5. The van der Waals surface area contributed by atoms with Gasteiger partial charge in [0.1, 0.15) is 5.75 Å². The van der Waals surface area contributed by atoms with Gasteiger partial charge in [-0.2, -0.15) is 0 Å². The maximum atomic E-state index is 6.22. The summed E-state index contributed by atoms with van der Waals surface area (Å²) in [5.74, 6) is 6.35. The highest BCUT2D eigenvalue weighted by Crippen LogP contribution is 2.30. The second-order valence-corrected chi connectivity index (χ2v) is 5.00. The van der Waals surface area contributed by atoms with Crippen LogP contribution in [0.2, 0.25) is 10.0 Å². The predicted octanol–water partition coefficient (Wildman–Crippen LogP) is 3.34. The van der Waals surface area contributed by atoms with Gasteiger partial charge in [-0.1, -0.05) is 29.3 Å². The maximum Gasteiger partial charge on any atom is 0.137 e. The summed E-state index contributed by atoms with van der Waals surface area (Å²) < 4.78 is 5.44. The highest BCUT2D eigenvalue weighted by molar-refractivity contribution is 6.35. The molecule has 1 unspecified atom stereocenters. The van der Waals surface area contributed by atoms with E-state index in [1.54, 1.807) is 24.5 Å². The molecule has 3 N–H and O–H groups in total. The zero-order valence-electron chi connectivity index (χ0n) is 10.9. The number of nitrogens with two attached hydrogens (primary N) is 1. The molecule has 0 spiro atoms. The number of hydrogen-bond donors (Lipinski definition) is 2. The van der Waals surface area contributed by atoms with Crippen LogP contribution in [-0.4, -0.2) is 11.6 Å². The molecule has 20 heavy (non-hydrogen) atoms. The van der Waals surface area contributed by atoms with Crippen LogP contribution in [0.4, 0.5) is 0 Å². The third-order valence-electron chi connectivity index (χ3n) is 2.82. The van der Waals surface area contributed by atoms with Crippen molar-refractivity contribution >= 4 is 23.2 Å². The Morgan fingerprint density at radius 2 is 2.10 bits per heavy atom. The van der Waals surface area contributed by atoms with Gasteiger partial charge in [0, 0.05) is 16.2 Å². The smallest absolute Gasteiger partial charge is 0.137 e. The number of halogens is 2. The molecule has 1 aromatic heterocycles. The van der Waals surface area contributed by atoms with Crippen LogP contribution in [0, 0.1) is 0 Å². The number of hydrogen-bond acceptors (Lipinski definition) is 4. The Morgan fingerprint density at radius 1 is 1.30 bits per heavy atom. The minimum atomic E-state index is -0.285. The molecule has 0 fully saturated rings. The van der Waals surface area contributed by atoms with Crippen molar-refractivity contribution in [3.05, 3.63) is 57.8 Å². The van der Waals surface area contributed by atoms with Crippen LogP contribution in [0.1, 0.15) is 24.1 Å². The molecule has 0 saturated heterocycles. The molecule has 2 aromatic rings. The molecule has 6 heteroatoms. The Hall–Kier alpha value is -1.33. The van der Waals surface area contributed by atoms with E-state index in [1.807, 2.05) is 19.1 Å². The molecule has 0 amide bonds. The zero-order chi connectivity index (χ0) is 14.5. The minimum absolute atomic E-state index is 0.285. The molecule has 0 radical (unpaired) electrons. The van der Waals surface area contributed by atoms with Crippen molar-refractivity contribution < 1.29 is 4.74 Å². The van der Waals surface area contributed by atoms with Crippen LogP contribution in [0.15, 0.2) is 36.7 Å². The van der Waals surface area contributed by atoms with Crippen molar-refractivity contribution in [3.8, 4) is 5.75 Å². The van der Waals surface area contributed by atoms with Crippen LogP contribution in [0.5, 0.6) is 5.75 Å². The lowest BCUT2D eigenvalue weighted by Crippen LogP contribution is -2.29. The van der Waals surface area contributed by atoms with Gasteiger partial charge in [-0.3, -0.25) is 10.8 Å². The largest absolute Gasteiger partial charge is 0.492 e. The summed E-state index contributed by atoms with van der Waals surface area (Å²) >= 11 is 12.1. The monoisotopic (exact) mass is 311 g/mol. The van der Waals surface area contributed by atoms with Gasteiger partial charge in [-0.15, -0.1) is 0 Å². The molecular formula is C14H15Cl2N3O. The predicted molar refractivity (Wildman–Crippen MR) is 81.0 cm³/mol. The van der Waals surface area contributed by atoms with E-state index in [-0.39, 0.29) is 6.04 Å². The minimum Gasteiger partial charge on any atom is -0.492 e. The van der Waals surface area contributed by atoms with Gasteiger partial charge < -0.3 is 4.74 Å². The normalized spacial score (nSPS) is 12.2. The Morgan fingerprint density at radius 3 is 2.75 bits per heavy atom. The third-order valence-corrected chi connectivity index (χ3v) is 3.38. The molecule has 1 aromatic carbocycles. The number of pyridine rings is 1. The van der Waals surface area contributed by atoms with E-state index in [2.05, 4.69) is 10.4 Å². The third kappa shape index (κ3) is 3.41. The van der Waals surface area contributed by atoms with Crippen LogP contribution in [0.25, 0.3) is 0 Å². The van der Waals surface area contributed by atoms with E-state index in [0.29, 0.717) is 22.4 Å². The molecule has 0 aliphatic rings. The van der Waals surface area contributed by atoms with Crippen LogP contribution < -0.4 is 16.0 Å². The fraction of sp³-hybridized carbons (Fsp3) is 0.214. The van der Waals surface area contributed by atoms with E-state index in [0.717, 1.165) is 11.1 Å². The highest BCUT2D eigenvalue weighted by Gasteiger charge is 2.17. The summed E-state index contributed by atoms with van der Waals surface area (Å²) in [6.45, 7) is 2.49. The van der Waals surface area contributed by atoms with Crippen molar-refractivity contribution in [2.24, 2.45) is 5.84 Å². The molecular weight excluding hydrogens is 297 g/mol. The first-order valence-electron chi connectivity index (χ1n) is 6.14. The number of hydrazine groups is 1. The van der Waals surface area contributed by atoms with Gasteiger partial charge in [0.05, 0.1) is 18.8 Å². The molecule has 4 nitrogen and oxygen atoms in total. The number of nitrogens with zero attached hydrogens (tertiary/aromatic N) is 1. The first kappa shape index (κ1) is 15.1. The lowest BCUT2D eigenvalue weighted by atomic mass is 10.0. The van der Waals surface area contributed by atoms with Gasteiger partial charge >= 0.3 is 0 Å². The molecule has 0 bridgehead atoms. The molecule has 1 atom stereocenters. The standard InChI is InChI=1S/C14H15Cl2N3O/c1-2-20-11-5-9(7-18-8-11)14(19-17)12-4-3-10(15)6-13(12)16/h3-8,14,19H,2,17H2,1H3. The van der Waals surface area contributed by atoms with E-state index in [1.165, 1.54) is 0 Å². The number of nitrogens with one attached hydrogen (secondary N) is 1. The maximum absolute atomic E-state index is 6.22. The summed E-state index contributed by atoms with van der Waals surface area (Å²) in [6, 6.07) is 6.89. The Bertz CT molecular complexity index is 592. The Balaban J connectivity index is 2.38. The summed E-state index contributed by atoms with van der Waals surface area (Å²) in [5.41, 5.74) is 4.43. The van der Waals surface area contributed by atoms with E-state index in [9.17, 15) is 0 Å². The summed E-state index contributed by atoms with van der Waals surface area (Å²) in [7, 11) is 0. The first-order chi connectivity index (χ1) is 9.65. The summed E-state index contributed by atoms with van der Waals surface area (Å²) in [6.07, 6.45) is 3.38. The lowest BCUT2D eigenvalue weighted by molar-refractivity contribution is 0.338. The quantitative estimate of drug-likeness (QED) is 0.657. The van der Waals surface area contributed by atoms with Crippen LogP contribution >= 0.6 is 23.2 Å². The van der Waals surface area contributed by atoms with Gasteiger partial charge in [0.25, 0.3) is 0 Å². The molecule has 0 saturated carbocycles. The van der Waals surface area contributed by atoms with Gasteiger partial charge in [-0.25, -0.2) is 5.43 Å². The molecule has 0 aliphatic heterocycles. The van der Waals surface area contributed by atoms with E-state index in [4.69, 9.17) is 33.8 Å². The van der Waals surface area contributed by atoms with Crippen LogP contribution in [0.3, 0.4) is 0 Å². The summed E-state index contributed by atoms with van der Waals surface area (Å²) in [4.78, 5) is 4.16. The fourth-order valence-corrected chi connectivity index (χ4v) is 2.46. The highest BCUT2D eigenvalue weighted by atomic mass is 35.5. The zero-order valence-corrected chi connectivity index (χ0v) is 12.4. The van der Waals surface area contributed by atoms with Gasteiger partial charge in [0.15, 0.2) is 0 Å². The molecule has 0 aliphatic carbocycles. The first-order valence-corrected chi connectivity index (χ1v) is 6.90. The van der Waals surface area contributed by atoms with Crippen molar-refractivity contribution in [2.75, 3.05) is 6.61 Å². The van der Waals surface area contributed by atoms with Gasteiger partial charge in [-0.05, 0) is 36.2 Å². The van der Waals surface area contributed by atoms with Crippen molar-refractivity contribution in [3.63, 3.8) is 0 Å². The molecule has 106 valence electrons. The number of aromatic nitrogens is 1. The average molecular weight is 312 g/mol.